The molecule has 0 heterocycles. The van der Waals surface area contributed by atoms with Gasteiger partial charge in [-0.2, -0.15) is 0 Å². The van der Waals surface area contributed by atoms with Crippen molar-refractivity contribution in [3.63, 3.8) is 0 Å². The van der Waals surface area contributed by atoms with Gasteiger partial charge in [-0.1, -0.05) is 25.1 Å². The Morgan fingerprint density at radius 3 is 2.70 bits per heavy atom. The molecule has 0 saturated carbocycles. The van der Waals surface area contributed by atoms with Gasteiger partial charge in [-0.3, -0.25) is 4.79 Å². The number of aliphatic hydroxyl groups is 1. The molecule has 4 heteroatoms. The molecule has 4 nitrogen and oxygen atoms in total. The Balaban J connectivity index is 2.52. The van der Waals surface area contributed by atoms with E-state index in [1.165, 1.54) is 0 Å². The molecule has 0 radical (unpaired) electrons. The van der Waals surface area contributed by atoms with E-state index in [9.17, 15) is 4.79 Å². The third-order valence-corrected chi connectivity index (χ3v) is 3.36. The summed E-state index contributed by atoms with van der Waals surface area (Å²) < 4.78 is 5.32. The van der Waals surface area contributed by atoms with Crippen molar-refractivity contribution in [2.75, 3.05) is 13.7 Å². The molecule has 0 aliphatic rings. The maximum Gasteiger partial charge on any atom is 0.220 e. The minimum absolute atomic E-state index is 0.0360. The fourth-order valence-electron chi connectivity index (χ4n) is 2.26. The number of amides is 1. The van der Waals surface area contributed by atoms with Crippen molar-refractivity contribution in [2.45, 2.75) is 45.1 Å². The topological polar surface area (TPSA) is 58.6 Å². The molecule has 0 bridgehead atoms. The van der Waals surface area contributed by atoms with Crippen molar-refractivity contribution in [1.29, 1.82) is 0 Å². The normalized spacial score (nSPS) is 13.6. The van der Waals surface area contributed by atoms with Crippen LogP contribution < -0.4 is 10.1 Å². The Labute approximate surface area is 121 Å². The fourth-order valence-corrected chi connectivity index (χ4v) is 2.26. The smallest absolute Gasteiger partial charge is 0.220 e. The van der Waals surface area contributed by atoms with Gasteiger partial charge in [0.2, 0.25) is 5.91 Å². The maximum absolute atomic E-state index is 12.0. The van der Waals surface area contributed by atoms with Gasteiger partial charge in [0, 0.05) is 19.1 Å². The first kappa shape index (κ1) is 16.5. The molecule has 1 amide bonds. The van der Waals surface area contributed by atoms with Crippen molar-refractivity contribution in [3.05, 3.63) is 29.8 Å². The molecular formula is C16H25NO3. The lowest BCUT2D eigenvalue weighted by molar-refractivity contribution is -0.122. The Hall–Kier alpha value is -1.55. The molecule has 1 aromatic carbocycles. The molecule has 20 heavy (non-hydrogen) atoms. The second-order valence-electron chi connectivity index (χ2n) is 5.18. The molecule has 1 rings (SSSR count). The highest BCUT2D eigenvalue weighted by Crippen LogP contribution is 2.28. The molecule has 112 valence electrons. The molecule has 1 aromatic rings. The molecule has 0 fully saturated rings. The molecule has 0 aliphatic heterocycles. The molecular weight excluding hydrogens is 254 g/mol. The van der Waals surface area contributed by atoms with Gasteiger partial charge >= 0.3 is 0 Å². The minimum atomic E-state index is 0.0360. The van der Waals surface area contributed by atoms with Crippen LogP contribution in [0.5, 0.6) is 5.75 Å². The van der Waals surface area contributed by atoms with Gasteiger partial charge in [-0.15, -0.1) is 0 Å². The monoisotopic (exact) mass is 279 g/mol. The van der Waals surface area contributed by atoms with Crippen LogP contribution in [-0.4, -0.2) is 30.8 Å². The quantitative estimate of drug-likeness (QED) is 0.768. The summed E-state index contributed by atoms with van der Waals surface area (Å²) in [6, 6.07) is 7.88. The highest BCUT2D eigenvalue weighted by Gasteiger charge is 2.16. The summed E-state index contributed by atoms with van der Waals surface area (Å²) in [5, 5.41) is 11.7. The van der Waals surface area contributed by atoms with Crippen LogP contribution in [0.1, 0.15) is 44.6 Å². The average molecular weight is 279 g/mol. The van der Waals surface area contributed by atoms with Gasteiger partial charge in [-0.05, 0) is 37.3 Å². The van der Waals surface area contributed by atoms with Crippen LogP contribution in [0.3, 0.4) is 0 Å². The van der Waals surface area contributed by atoms with Crippen molar-refractivity contribution < 1.29 is 14.6 Å². The summed E-state index contributed by atoms with van der Waals surface area (Å²) in [6.45, 7) is 4.15. The van der Waals surface area contributed by atoms with Crippen molar-refractivity contribution in [2.24, 2.45) is 0 Å². The number of rotatable bonds is 8. The van der Waals surface area contributed by atoms with E-state index in [4.69, 9.17) is 9.84 Å². The summed E-state index contributed by atoms with van der Waals surface area (Å²) in [6.07, 6.45) is 1.94. The van der Waals surface area contributed by atoms with Gasteiger partial charge in [0.15, 0.2) is 0 Å². The summed E-state index contributed by atoms with van der Waals surface area (Å²) in [5.41, 5.74) is 1.05. The Morgan fingerprint density at radius 2 is 2.05 bits per heavy atom. The summed E-state index contributed by atoms with van der Waals surface area (Å²) in [7, 11) is 1.64. The van der Waals surface area contributed by atoms with Crippen molar-refractivity contribution >= 4 is 5.91 Å². The largest absolute Gasteiger partial charge is 0.496 e. The summed E-state index contributed by atoms with van der Waals surface area (Å²) in [4.78, 5) is 12.0. The second kappa shape index (κ2) is 8.59. The molecule has 0 saturated heterocycles. The zero-order valence-corrected chi connectivity index (χ0v) is 12.6. The zero-order valence-electron chi connectivity index (χ0n) is 12.6. The number of carbonyl (C=O) groups excluding carboxylic acids is 1. The second-order valence-corrected chi connectivity index (χ2v) is 5.18. The number of aliphatic hydroxyl groups excluding tert-OH is 1. The number of nitrogens with one attached hydrogen (secondary N) is 1. The maximum atomic E-state index is 12.0. The number of hydrogen-bond donors (Lipinski definition) is 2. The van der Waals surface area contributed by atoms with Crippen LogP contribution in [0.15, 0.2) is 24.3 Å². The lowest BCUT2D eigenvalue weighted by Gasteiger charge is -2.17. The molecule has 2 atom stereocenters. The highest BCUT2D eigenvalue weighted by molar-refractivity contribution is 5.77. The first-order valence-corrected chi connectivity index (χ1v) is 7.11. The first-order chi connectivity index (χ1) is 9.58. The lowest BCUT2D eigenvalue weighted by atomic mass is 9.96. The predicted octanol–water partition coefficient (Wildman–Crippen LogP) is 2.47. The van der Waals surface area contributed by atoms with Crippen LogP contribution in [0.2, 0.25) is 0 Å². The van der Waals surface area contributed by atoms with E-state index in [1.54, 1.807) is 7.11 Å². The standard InChI is InChI=1S/C16H25NO3/c1-12(14-8-4-5-9-15(14)20-3)11-16(19)17-13(2)7-6-10-18/h4-5,8-9,12-13,18H,6-7,10-11H2,1-3H3,(H,17,19). The number of ether oxygens (including phenoxy) is 1. The average Bonchev–Trinajstić information content (AvgIpc) is 2.44. The van der Waals surface area contributed by atoms with Crippen LogP contribution >= 0.6 is 0 Å². The molecule has 2 unspecified atom stereocenters. The van der Waals surface area contributed by atoms with Crippen LogP contribution in [0.4, 0.5) is 0 Å². The Morgan fingerprint density at radius 1 is 1.35 bits per heavy atom. The highest BCUT2D eigenvalue weighted by atomic mass is 16.5. The Kier molecular flexibility index (Phi) is 7.09. The third kappa shape index (κ3) is 5.21. The van der Waals surface area contributed by atoms with Crippen LogP contribution in [-0.2, 0) is 4.79 Å². The predicted molar refractivity (Wildman–Crippen MR) is 80.0 cm³/mol. The number of methoxy groups -OCH3 is 1. The third-order valence-electron chi connectivity index (χ3n) is 3.36. The van der Waals surface area contributed by atoms with Crippen molar-refractivity contribution in [1.82, 2.24) is 5.32 Å². The van der Waals surface area contributed by atoms with Crippen LogP contribution in [0.25, 0.3) is 0 Å². The molecule has 0 aliphatic carbocycles. The minimum Gasteiger partial charge on any atom is -0.496 e. The number of carbonyl (C=O) groups is 1. The molecule has 0 spiro atoms. The number of hydrogen-bond acceptors (Lipinski definition) is 3. The Bertz CT molecular complexity index is 420. The van der Waals surface area contributed by atoms with E-state index in [0.717, 1.165) is 17.7 Å². The van der Waals surface area contributed by atoms with Gasteiger partial charge in [0.25, 0.3) is 0 Å². The fraction of sp³-hybridized carbons (Fsp3) is 0.562. The summed E-state index contributed by atoms with van der Waals surface area (Å²) in [5.74, 6) is 0.964. The number of benzene rings is 1. The summed E-state index contributed by atoms with van der Waals surface area (Å²) >= 11 is 0. The van der Waals surface area contributed by atoms with E-state index in [2.05, 4.69) is 5.32 Å². The van der Waals surface area contributed by atoms with Gasteiger partial charge in [0.1, 0.15) is 5.75 Å². The van der Waals surface area contributed by atoms with Gasteiger partial charge < -0.3 is 15.2 Å². The number of para-hydroxylation sites is 1. The van der Waals surface area contributed by atoms with E-state index in [0.29, 0.717) is 12.8 Å². The van der Waals surface area contributed by atoms with Crippen LogP contribution in [0, 0.1) is 0 Å². The van der Waals surface area contributed by atoms with Crippen molar-refractivity contribution in [3.8, 4) is 5.75 Å². The zero-order chi connectivity index (χ0) is 15.0. The SMILES string of the molecule is COc1ccccc1C(C)CC(=O)NC(C)CCCO. The molecule has 2 N–H and O–H groups in total. The van der Waals surface area contributed by atoms with Gasteiger partial charge in [-0.25, -0.2) is 0 Å². The van der Waals surface area contributed by atoms with E-state index < -0.39 is 0 Å². The first-order valence-electron chi connectivity index (χ1n) is 7.11. The lowest BCUT2D eigenvalue weighted by Crippen LogP contribution is -2.33. The van der Waals surface area contributed by atoms with E-state index in [1.807, 2.05) is 38.1 Å². The van der Waals surface area contributed by atoms with E-state index >= 15 is 0 Å². The molecule has 0 aromatic heterocycles. The van der Waals surface area contributed by atoms with Gasteiger partial charge in [0.05, 0.1) is 7.11 Å². The van der Waals surface area contributed by atoms with E-state index in [-0.39, 0.29) is 24.5 Å².